The lowest BCUT2D eigenvalue weighted by atomic mass is 10.0. The SMILES string of the molecule is CCCCCCCCCCCCCCC1N(CCCCCCCCC)C=CN1CCCCCCCCCCCCCC. The van der Waals surface area contributed by atoms with E-state index < -0.39 is 0 Å². The maximum Gasteiger partial charge on any atom is 0.101 e. The van der Waals surface area contributed by atoms with Crippen LogP contribution in [-0.4, -0.2) is 29.1 Å². The van der Waals surface area contributed by atoms with E-state index in [1.165, 1.54) is 219 Å². The zero-order valence-corrected chi connectivity index (χ0v) is 29.7. The van der Waals surface area contributed by atoms with Crippen LogP contribution < -0.4 is 0 Å². The van der Waals surface area contributed by atoms with Gasteiger partial charge >= 0.3 is 0 Å². The predicted octanol–water partition coefficient (Wildman–Crippen LogP) is 13.9. The van der Waals surface area contributed by atoms with Gasteiger partial charge in [0.15, 0.2) is 0 Å². The summed E-state index contributed by atoms with van der Waals surface area (Å²) in [6.45, 7) is 9.48. The Morgan fingerprint density at radius 2 is 0.548 bits per heavy atom. The molecule has 1 unspecified atom stereocenters. The molecule has 0 amide bonds. The molecule has 42 heavy (non-hydrogen) atoms. The standard InChI is InChI=1S/C40H80N2/c1-4-7-10-13-16-18-20-22-24-26-29-32-35-40-41(36-33-30-27-15-12-9-6-3)38-39-42(40)37-34-31-28-25-23-21-19-17-14-11-8-5-2/h38-40H,4-37H2,1-3H3. The van der Waals surface area contributed by atoms with E-state index in [2.05, 4.69) is 43.0 Å². The number of rotatable bonds is 34. The Labute approximate surface area is 267 Å². The first-order chi connectivity index (χ1) is 20.8. The molecule has 0 aromatic carbocycles. The molecule has 0 aliphatic carbocycles. The molecule has 0 radical (unpaired) electrons. The summed E-state index contributed by atoms with van der Waals surface area (Å²) < 4.78 is 0. The van der Waals surface area contributed by atoms with Crippen LogP contribution in [0, 0.1) is 0 Å². The molecule has 0 saturated carbocycles. The van der Waals surface area contributed by atoms with Crippen LogP contribution in [0.15, 0.2) is 12.4 Å². The first kappa shape index (κ1) is 39.4. The summed E-state index contributed by atoms with van der Waals surface area (Å²) in [6, 6.07) is 0. The van der Waals surface area contributed by atoms with Gasteiger partial charge in [-0.2, -0.15) is 0 Å². The third-order valence-electron chi connectivity index (χ3n) is 9.82. The van der Waals surface area contributed by atoms with Gasteiger partial charge in [-0.15, -0.1) is 0 Å². The smallest absolute Gasteiger partial charge is 0.101 e. The minimum Gasteiger partial charge on any atom is -0.356 e. The van der Waals surface area contributed by atoms with Crippen molar-refractivity contribution in [3.05, 3.63) is 12.4 Å². The van der Waals surface area contributed by atoms with Gasteiger partial charge < -0.3 is 9.80 Å². The van der Waals surface area contributed by atoms with Crippen LogP contribution in [0.2, 0.25) is 0 Å². The van der Waals surface area contributed by atoms with Crippen LogP contribution in [0.25, 0.3) is 0 Å². The van der Waals surface area contributed by atoms with Gasteiger partial charge in [-0.3, -0.25) is 0 Å². The van der Waals surface area contributed by atoms with E-state index in [1.54, 1.807) is 0 Å². The van der Waals surface area contributed by atoms with Crippen molar-refractivity contribution in [2.24, 2.45) is 0 Å². The van der Waals surface area contributed by atoms with E-state index in [1.807, 2.05) is 0 Å². The Kier molecular flexibility index (Phi) is 29.8. The first-order valence-electron chi connectivity index (χ1n) is 20.0. The minimum absolute atomic E-state index is 0.640. The maximum absolute atomic E-state index is 2.72. The molecular weight excluding hydrogens is 508 g/mol. The Bertz CT molecular complexity index is 544. The highest BCUT2D eigenvalue weighted by atomic mass is 15.4. The monoisotopic (exact) mass is 589 g/mol. The topological polar surface area (TPSA) is 6.48 Å². The van der Waals surface area contributed by atoms with E-state index in [0.717, 1.165) is 0 Å². The molecule has 1 aliphatic heterocycles. The van der Waals surface area contributed by atoms with E-state index in [-0.39, 0.29) is 0 Å². The average molecular weight is 589 g/mol. The first-order valence-corrected chi connectivity index (χ1v) is 20.0. The average Bonchev–Trinajstić information content (AvgIpc) is 3.38. The Balaban J connectivity index is 2.21. The second kappa shape index (κ2) is 31.8. The van der Waals surface area contributed by atoms with E-state index in [4.69, 9.17) is 0 Å². The Morgan fingerprint density at radius 3 is 0.833 bits per heavy atom. The molecular formula is C40H80N2. The van der Waals surface area contributed by atoms with Crippen molar-refractivity contribution < 1.29 is 0 Å². The minimum atomic E-state index is 0.640. The highest BCUT2D eigenvalue weighted by Crippen LogP contribution is 2.24. The third kappa shape index (κ3) is 23.8. The number of hydrogen-bond donors (Lipinski definition) is 0. The number of unbranched alkanes of at least 4 members (excludes halogenated alkanes) is 28. The largest absolute Gasteiger partial charge is 0.356 e. The second-order valence-electron chi connectivity index (χ2n) is 13.9. The molecule has 2 heteroatoms. The van der Waals surface area contributed by atoms with E-state index in [0.29, 0.717) is 6.17 Å². The van der Waals surface area contributed by atoms with Gasteiger partial charge in [0.25, 0.3) is 0 Å². The maximum atomic E-state index is 2.72. The highest BCUT2D eigenvalue weighted by Gasteiger charge is 2.24. The highest BCUT2D eigenvalue weighted by molar-refractivity contribution is 4.97. The molecule has 0 bridgehead atoms. The van der Waals surface area contributed by atoms with Crippen LogP contribution in [0.5, 0.6) is 0 Å². The summed E-state index contributed by atoms with van der Waals surface area (Å²) in [7, 11) is 0. The van der Waals surface area contributed by atoms with Crippen LogP contribution >= 0.6 is 0 Å². The molecule has 0 fully saturated rings. The molecule has 250 valence electrons. The van der Waals surface area contributed by atoms with E-state index in [9.17, 15) is 0 Å². The van der Waals surface area contributed by atoms with Crippen molar-refractivity contribution in [1.82, 2.24) is 9.80 Å². The fourth-order valence-electron chi connectivity index (χ4n) is 6.89. The summed E-state index contributed by atoms with van der Waals surface area (Å²) in [5, 5.41) is 0. The molecule has 1 rings (SSSR count). The second-order valence-corrected chi connectivity index (χ2v) is 13.9. The molecule has 1 atom stereocenters. The molecule has 1 heterocycles. The van der Waals surface area contributed by atoms with Crippen molar-refractivity contribution in [3.8, 4) is 0 Å². The number of nitrogens with zero attached hydrogens (tertiary/aromatic N) is 2. The Hall–Kier alpha value is -0.660. The Morgan fingerprint density at radius 1 is 0.310 bits per heavy atom. The van der Waals surface area contributed by atoms with Crippen LogP contribution in [0.3, 0.4) is 0 Å². The third-order valence-corrected chi connectivity index (χ3v) is 9.82. The lowest BCUT2D eigenvalue weighted by Gasteiger charge is -2.33. The van der Waals surface area contributed by atoms with Gasteiger partial charge in [0, 0.05) is 25.5 Å². The summed E-state index contributed by atoms with van der Waals surface area (Å²) in [6.07, 6.45) is 51.4. The van der Waals surface area contributed by atoms with Crippen molar-refractivity contribution in [1.29, 1.82) is 0 Å². The quantitative estimate of drug-likeness (QED) is 0.0690. The zero-order chi connectivity index (χ0) is 30.2. The summed E-state index contributed by atoms with van der Waals surface area (Å²) in [5.74, 6) is 0. The van der Waals surface area contributed by atoms with Gasteiger partial charge in [-0.05, 0) is 25.7 Å². The molecule has 2 nitrogen and oxygen atoms in total. The predicted molar refractivity (Wildman–Crippen MR) is 191 cm³/mol. The lowest BCUT2D eigenvalue weighted by Crippen LogP contribution is -2.39. The summed E-state index contributed by atoms with van der Waals surface area (Å²) >= 11 is 0. The molecule has 0 spiro atoms. The lowest BCUT2D eigenvalue weighted by molar-refractivity contribution is 0.135. The fraction of sp³-hybridized carbons (Fsp3) is 0.950. The fourth-order valence-corrected chi connectivity index (χ4v) is 6.89. The number of hydrogen-bond acceptors (Lipinski definition) is 2. The molecule has 0 N–H and O–H groups in total. The van der Waals surface area contributed by atoms with Crippen molar-refractivity contribution in [2.45, 2.75) is 232 Å². The van der Waals surface area contributed by atoms with Gasteiger partial charge in [-0.1, -0.05) is 201 Å². The van der Waals surface area contributed by atoms with Crippen LogP contribution in [0.1, 0.15) is 226 Å². The van der Waals surface area contributed by atoms with Crippen molar-refractivity contribution >= 4 is 0 Å². The summed E-state index contributed by atoms with van der Waals surface area (Å²) in [5.41, 5.74) is 0. The van der Waals surface area contributed by atoms with Crippen molar-refractivity contribution in [3.63, 3.8) is 0 Å². The van der Waals surface area contributed by atoms with Gasteiger partial charge in [0.1, 0.15) is 6.17 Å². The van der Waals surface area contributed by atoms with Crippen LogP contribution in [-0.2, 0) is 0 Å². The zero-order valence-electron chi connectivity index (χ0n) is 29.7. The molecule has 0 aromatic rings. The normalized spacial score (nSPS) is 15.0. The molecule has 1 aliphatic rings. The van der Waals surface area contributed by atoms with Gasteiger partial charge in [0.05, 0.1) is 0 Å². The summed E-state index contributed by atoms with van der Waals surface area (Å²) in [4.78, 5) is 5.43. The molecule has 0 saturated heterocycles. The van der Waals surface area contributed by atoms with E-state index >= 15 is 0 Å². The van der Waals surface area contributed by atoms with Gasteiger partial charge in [-0.25, -0.2) is 0 Å². The van der Waals surface area contributed by atoms with Gasteiger partial charge in [0.2, 0.25) is 0 Å². The van der Waals surface area contributed by atoms with Crippen molar-refractivity contribution in [2.75, 3.05) is 13.1 Å². The molecule has 0 aromatic heterocycles. The van der Waals surface area contributed by atoms with Crippen LogP contribution in [0.4, 0.5) is 0 Å².